The molecule has 13 aromatic rings. The van der Waals surface area contributed by atoms with Gasteiger partial charge in [-0.15, -0.1) is 0 Å². The van der Waals surface area contributed by atoms with E-state index in [4.69, 9.17) is 0 Å². The van der Waals surface area contributed by atoms with Gasteiger partial charge in [0.2, 0.25) is 0 Å². The lowest BCUT2D eigenvalue weighted by Crippen LogP contribution is -2.28. The maximum absolute atomic E-state index is 2.66. The van der Waals surface area contributed by atoms with E-state index >= 15 is 0 Å². The summed E-state index contributed by atoms with van der Waals surface area (Å²) in [5.74, 6) is 0. The smallest absolute Gasteiger partial charge is 0.0726 e. The van der Waals surface area contributed by atoms with E-state index in [9.17, 15) is 0 Å². The summed E-state index contributed by atoms with van der Waals surface area (Å²) in [5.41, 5.74) is 21.7. The number of fused-ring (bicyclic) bond motifs is 24. The predicted molar refractivity (Wildman–Crippen MR) is 320 cm³/mol. The summed E-state index contributed by atoms with van der Waals surface area (Å²) in [7, 11) is 0. The lowest BCUT2D eigenvalue weighted by Gasteiger charge is -2.37. The first kappa shape index (κ1) is 42.3. The van der Waals surface area contributed by atoms with Gasteiger partial charge in [-0.2, -0.15) is 0 Å². The highest BCUT2D eigenvalue weighted by Gasteiger charge is 2.52. The van der Waals surface area contributed by atoms with Crippen LogP contribution in [-0.4, -0.2) is 0 Å². The van der Waals surface area contributed by atoms with E-state index in [0.29, 0.717) is 0 Å². The third-order valence-corrected chi connectivity index (χ3v) is 18.6. The van der Waals surface area contributed by atoms with Crippen molar-refractivity contribution in [1.29, 1.82) is 0 Å². The minimum absolute atomic E-state index is 0.0203. The van der Waals surface area contributed by atoms with Gasteiger partial charge in [-0.25, -0.2) is 0 Å². The van der Waals surface area contributed by atoms with Crippen LogP contribution in [0.25, 0.3) is 98.4 Å². The monoisotopic (exact) mass is 965 g/mol. The first-order valence-electron chi connectivity index (χ1n) is 27.4. The van der Waals surface area contributed by atoms with Crippen LogP contribution in [0, 0.1) is 0 Å². The Morgan fingerprint density at radius 3 is 1.39 bits per heavy atom. The van der Waals surface area contributed by atoms with Gasteiger partial charge in [-0.3, -0.25) is 0 Å². The molecule has 0 aliphatic heterocycles. The molecule has 1 nitrogen and oxygen atoms in total. The fourth-order valence-corrected chi connectivity index (χ4v) is 15.5. The zero-order chi connectivity index (χ0) is 49.7. The SMILES string of the molecule is c1ccc2c(c1)-c1ccc(N(c3ccc4c5ccccc5c5ccccc5c4c3)c3cc4c(cc3-c3ccc5ccc6ccccc6c5c3)-c3ccccc3C43c4ccccc4-c4ccccc43)cc1C21CCCCC1. The van der Waals surface area contributed by atoms with Crippen LogP contribution in [0.5, 0.6) is 0 Å². The molecule has 1 saturated carbocycles. The lowest BCUT2D eigenvalue weighted by molar-refractivity contribution is 0.353. The molecule has 4 aliphatic carbocycles. The summed E-state index contributed by atoms with van der Waals surface area (Å²) in [4.78, 5) is 2.66. The summed E-state index contributed by atoms with van der Waals surface area (Å²) in [6.45, 7) is 0. The second kappa shape index (κ2) is 15.7. The van der Waals surface area contributed by atoms with Gasteiger partial charge < -0.3 is 4.90 Å². The van der Waals surface area contributed by atoms with E-state index in [1.807, 2.05) is 0 Å². The van der Waals surface area contributed by atoms with E-state index < -0.39 is 5.41 Å². The fourth-order valence-electron chi connectivity index (χ4n) is 15.5. The molecule has 0 amide bonds. The standard InChI is InChI=1S/C75H51N/c1-16-40-74(41-17-1)67-28-12-8-24-58(67)62-39-37-51(44-71(62)74)76(50-36-38-57-55-22-5-4-20-53(55)54-21-6-7-23-56(54)65(57)43-50)73-46-72-66(45-64(73)49-35-34-48-33-32-47-18-2-3-19-52(47)63(48)42-49)61-27-11-15-31-70(61)75(72)68-29-13-9-25-59(68)60-26-10-14-30-69(60)75/h2-15,18-39,42-46H,1,16-17,40-41H2. The average Bonchev–Trinajstić information content (AvgIpc) is 4.23. The molecule has 13 aromatic carbocycles. The maximum Gasteiger partial charge on any atom is 0.0726 e. The normalized spacial score (nSPS) is 15.1. The third kappa shape index (κ3) is 5.59. The molecule has 17 rings (SSSR count). The van der Waals surface area contributed by atoms with Gasteiger partial charge in [0, 0.05) is 22.4 Å². The van der Waals surface area contributed by atoms with E-state index in [0.717, 1.165) is 5.69 Å². The molecule has 0 atom stereocenters. The minimum Gasteiger partial charge on any atom is -0.310 e. The van der Waals surface area contributed by atoms with Crippen molar-refractivity contribution < 1.29 is 0 Å². The highest BCUT2D eigenvalue weighted by atomic mass is 15.1. The number of anilines is 3. The van der Waals surface area contributed by atoms with Crippen LogP contribution in [0.1, 0.15) is 65.5 Å². The van der Waals surface area contributed by atoms with Gasteiger partial charge >= 0.3 is 0 Å². The minimum atomic E-state index is -0.526. The van der Waals surface area contributed by atoms with E-state index in [1.165, 1.54) is 175 Å². The van der Waals surface area contributed by atoms with Crippen molar-refractivity contribution in [2.24, 2.45) is 0 Å². The molecule has 2 spiro atoms. The Morgan fingerprint density at radius 1 is 0.263 bits per heavy atom. The van der Waals surface area contributed by atoms with Gasteiger partial charge in [0.15, 0.2) is 0 Å². The summed E-state index contributed by atoms with van der Waals surface area (Å²) < 4.78 is 0. The molecular formula is C75H51N. The topological polar surface area (TPSA) is 3.24 Å². The van der Waals surface area contributed by atoms with Gasteiger partial charge in [0.25, 0.3) is 0 Å². The van der Waals surface area contributed by atoms with Crippen molar-refractivity contribution >= 4 is 70.9 Å². The van der Waals surface area contributed by atoms with Crippen molar-refractivity contribution in [2.45, 2.75) is 42.9 Å². The van der Waals surface area contributed by atoms with Crippen molar-refractivity contribution in [3.05, 3.63) is 282 Å². The molecule has 0 radical (unpaired) electrons. The molecule has 0 N–H and O–H groups in total. The van der Waals surface area contributed by atoms with Crippen molar-refractivity contribution in [1.82, 2.24) is 0 Å². The quantitative estimate of drug-likeness (QED) is 0.159. The van der Waals surface area contributed by atoms with Crippen LogP contribution in [0.3, 0.4) is 0 Å². The fraction of sp³-hybridized carbons (Fsp3) is 0.0933. The number of nitrogens with zero attached hydrogens (tertiary/aromatic N) is 1. The van der Waals surface area contributed by atoms with E-state index in [1.54, 1.807) is 0 Å². The van der Waals surface area contributed by atoms with Crippen LogP contribution in [0.2, 0.25) is 0 Å². The van der Waals surface area contributed by atoms with Crippen LogP contribution in [-0.2, 0) is 10.8 Å². The Morgan fingerprint density at radius 2 is 0.737 bits per heavy atom. The second-order valence-corrected chi connectivity index (χ2v) is 22.1. The molecule has 1 fully saturated rings. The predicted octanol–water partition coefficient (Wildman–Crippen LogP) is 20.2. The third-order valence-electron chi connectivity index (χ3n) is 18.6. The summed E-state index contributed by atoms with van der Waals surface area (Å²) >= 11 is 0. The number of rotatable bonds is 4. The largest absolute Gasteiger partial charge is 0.310 e. The highest BCUT2D eigenvalue weighted by Crippen LogP contribution is 2.65. The van der Waals surface area contributed by atoms with Crippen molar-refractivity contribution in [3.63, 3.8) is 0 Å². The van der Waals surface area contributed by atoms with E-state index in [-0.39, 0.29) is 5.41 Å². The molecule has 1 heteroatoms. The van der Waals surface area contributed by atoms with Crippen LogP contribution >= 0.6 is 0 Å². The molecule has 0 aromatic heterocycles. The first-order valence-corrected chi connectivity index (χ1v) is 27.4. The summed E-state index contributed by atoms with van der Waals surface area (Å²) in [6.07, 6.45) is 6.12. The lowest BCUT2D eigenvalue weighted by atomic mass is 9.68. The Balaban J connectivity index is 1.02. The Bertz CT molecular complexity index is 4560. The number of hydrogen-bond donors (Lipinski definition) is 0. The maximum atomic E-state index is 2.66. The van der Waals surface area contributed by atoms with Gasteiger partial charge in [-0.1, -0.05) is 226 Å². The molecule has 76 heavy (non-hydrogen) atoms. The first-order chi connectivity index (χ1) is 37.7. The van der Waals surface area contributed by atoms with E-state index in [2.05, 4.69) is 254 Å². The van der Waals surface area contributed by atoms with Crippen LogP contribution < -0.4 is 4.90 Å². The molecule has 0 heterocycles. The van der Waals surface area contributed by atoms with Crippen LogP contribution in [0.4, 0.5) is 17.1 Å². The second-order valence-electron chi connectivity index (χ2n) is 22.1. The summed E-state index contributed by atoms with van der Waals surface area (Å²) in [6, 6.07) is 95.8. The van der Waals surface area contributed by atoms with Gasteiger partial charge in [-0.05, 0) is 181 Å². The van der Waals surface area contributed by atoms with Crippen LogP contribution in [0.15, 0.2) is 249 Å². The summed E-state index contributed by atoms with van der Waals surface area (Å²) in [5, 5.41) is 12.7. The molecule has 0 unspecified atom stereocenters. The molecule has 0 bridgehead atoms. The Kier molecular flexibility index (Phi) is 8.77. The Hall–Kier alpha value is -9.04. The zero-order valence-corrected chi connectivity index (χ0v) is 42.2. The van der Waals surface area contributed by atoms with Crippen molar-refractivity contribution in [2.75, 3.05) is 4.90 Å². The molecule has 0 saturated heterocycles. The molecule has 356 valence electrons. The van der Waals surface area contributed by atoms with Crippen molar-refractivity contribution in [3.8, 4) is 44.5 Å². The van der Waals surface area contributed by atoms with Gasteiger partial charge in [0.05, 0.1) is 11.1 Å². The highest BCUT2D eigenvalue weighted by molar-refractivity contribution is 6.26. The molecular weight excluding hydrogens is 915 g/mol. The Labute approximate surface area is 443 Å². The average molecular weight is 966 g/mol. The number of hydrogen-bond acceptors (Lipinski definition) is 1. The number of benzene rings is 13. The zero-order valence-electron chi connectivity index (χ0n) is 42.2. The molecule has 4 aliphatic rings. The van der Waals surface area contributed by atoms with Gasteiger partial charge in [0.1, 0.15) is 0 Å².